The normalized spacial score (nSPS) is 14.6. The van der Waals surface area contributed by atoms with Crippen molar-refractivity contribution in [2.45, 2.75) is 19.8 Å². The average molecular weight is 290 g/mol. The second kappa shape index (κ2) is 5.63. The first-order chi connectivity index (χ1) is 9.72. The number of hydrogen-bond donors (Lipinski definition) is 1. The van der Waals surface area contributed by atoms with Crippen molar-refractivity contribution in [3.63, 3.8) is 0 Å². The van der Waals surface area contributed by atoms with Gasteiger partial charge in [-0.15, -0.1) is 5.10 Å². The summed E-state index contributed by atoms with van der Waals surface area (Å²) in [6.07, 6.45) is 4.00. The third-order valence-corrected chi connectivity index (χ3v) is 3.63. The van der Waals surface area contributed by atoms with Gasteiger partial charge in [0.1, 0.15) is 0 Å². The molecule has 1 N–H and O–H groups in total. The highest BCUT2D eigenvalue weighted by atomic mass is 35.5. The van der Waals surface area contributed by atoms with Gasteiger partial charge in [-0.3, -0.25) is 0 Å². The number of hydrogen-bond acceptors (Lipinski definition) is 5. The van der Waals surface area contributed by atoms with Gasteiger partial charge in [0, 0.05) is 23.8 Å². The summed E-state index contributed by atoms with van der Waals surface area (Å²) < 4.78 is 0. The van der Waals surface area contributed by atoms with E-state index in [0.717, 1.165) is 24.3 Å². The van der Waals surface area contributed by atoms with Crippen LogP contribution < -0.4 is 10.2 Å². The number of nitrogens with one attached hydrogen (secondary N) is 1. The third-order valence-electron chi connectivity index (χ3n) is 3.40. The largest absolute Gasteiger partial charge is 0.339 e. The summed E-state index contributed by atoms with van der Waals surface area (Å²) in [7, 11) is 0. The van der Waals surface area contributed by atoms with Gasteiger partial charge in [0.15, 0.2) is 5.82 Å². The summed E-state index contributed by atoms with van der Waals surface area (Å²) >= 11 is 6.02. The topological polar surface area (TPSA) is 53.9 Å². The van der Waals surface area contributed by atoms with Crippen LogP contribution in [0.5, 0.6) is 0 Å². The van der Waals surface area contributed by atoms with E-state index in [1.54, 1.807) is 6.20 Å². The van der Waals surface area contributed by atoms with Gasteiger partial charge in [0.2, 0.25) is 5.95 Å². The van der Waals surface area contributed by atoms with Crippen LogP contribution in [0.25, 0.3) is 0 Å². The standard InChI is InChI=1S/C14H16ClN5/c1-10-4-5-11(15)8-12(10)17-13-9-16-19-14(18-13)20-6-2-3-7-20/h4-5,8-9H,2-3,6-7H2,1H3,(H,17,18,19). The fourth-order valence-corrected chi connectivity index (χ4v) is 2.44. The molecule has 104 valence electrons. The van der Waals surface area contributed by atoms with Gasteiger partial charge in [-0.25, -0.2) is 0 Å². The molecule has 0 atom stereocenters. The lowest BCUT2D eigenvalue weighted by atomic mass is 10.2. The quantitative estimate of drug-likeness (QED) is 0.940. The summed E-state index contributed by atoms with van der Waals surface area (Å²) in [6.45, 7) is 4.03. The fraction of sp³-hybridized carbons (Fsp3) is 0.357. The molecule has 1 aromatic carbocycles. The van der Waals surface area contributed by atoms with Crippen molar-refractivity contribution in [1.29, 1.82) is 0 Å². The highest BCUT2D eigenvalue weighted by molar-refractivity contribution is 6.30. The van der Waals surface area contributed by atoms with Gasteiger partial charge in [-0.1, -0.05) is 17.7 Å². The van der Waals surface area contributed by atoms with E-state index in [2.05, 4.69) is 25.4 Å². The van der Waals surface area contributed by atoms with E-state index in [4.69, 9.17) is 11.6 Å². The Bertz CT molecular complexity index is 610. The first kappa shape index (κ1) is 13.1. The lowest BCUT2D eigenvalue weighted by Crippen LogP contribution is -2.21. The van der Waals surface area contributed by atoms with E-state index in [1.807, 2.05) is 25.1 Å². The second-order valence-electron chi connectivity index (χ2n) is 4.92. The Kier molecular flexibility index (Phi) is 3.69. The average Bonchev–Trinajstić information content (AvgIpc) is 2.97. The molecule has 2 aromatic rings. The minimum Gasteiger partial charge on any atom is -0.339 e. The molecule has 20 heavy (non-hydrogen) atoms. The summed E-state index contributed by atoms with van der Waals surface area (Å²) in [5.74, 6) is 1.37. The second-order valence-corrected chi connectivity index (χ2v) is 5.36. The highest BCUT2D eigenvalue weighted by Crippen LogP contribution is 2.24. The van der Waals surface area contributed by atoms with Gasteiger partial charge < -0.3 is 10.2 Å². The Hall–Kier alpha value is -1.88. The zero-order chi connectivity index (χ0) is 13.9. The molecule has 1 aliphatic rings. The molecule has 1 aromatic heterocycles. The van der Waals surface area contributed by atoms with Gasteiger partial charge in [-0.2, -0.15) is 10.1 Å². The van der Waals surface area contributed by atoms with Crippen molar-refractivity contribution in [3.05, 3.63) is 35.0 Å². The molecule has 1 aliphatic heterocycles. The van der Waals surface area contributed by atoms with Crippen LogP contribution in [0.15, 0.2) is 24.4 Å². The van der Waals surface area contributed by atoms with Crippen LogP contribution in [-0.4, -0.2) is 28.3 Å². The Labute approximate surface area is 123 Å². The van der Waals surface area contributed by atoms with E-state index in [-0.39, 0.29) is 0 Å². The molecule has 6 heteroatoms. The summed E-state index contributed by atoms with van der Waals surface area (Å²) in [5, 5.41) is 12.1. The Morgan fingerprint density at radius 3 is 2.85 bits per heavy atom. The molecular formula is C14H16ClN5. The number of aromatic nitrogens is 3. The number of nitrogens with zero attached hydrogens (tertiary/aromatic N) is 4. The molecular weight excluding hydrogens is 274 g/mol. The minimum atomic E-state index is 0.687. The van der Waals surface area contributed by atoms with E-state index in [1.165, 1.54) is 12.8 Å². The van der Waals surface area contributed by atoms with Crippen molar-refractivity contribution < 1.29 is 0 Å². The predicted molar refractivity (Wildman–Crippen MR) is 80.7 cm³/mol. The maximum Gasteiger partial charge on any atom is 0.247 e. The fourth-order valence-electron chi connectivity index (χ4n) is 2.27. The lowest BCUT2D eigenvalue weighted by Gasteiger charge is -2.15. The number of halogens is 1. The number of rotatable bonds is 3. The molecule has 5 nitrogen and oxygen atoms in total. The van der Waals surface area contributed by atoms with Gasteiger partial charge in [-0.05, 0) is 37.5 Å². The number of aryl methyl sites for hydroxylation is 1. The molecule has 3 rings (SSSR count). The maximum absolute atomic E-state index is 6.02. The SMILES string of the molecule is Cc1ccc(Cl)cc1Nc1cnnc(N2CCCC2)n1. The summed E-state index contributed by atoms with van der Waals surface area (Å²) in [5.41, 5.74) is 2.04. The van der Waals surface area contributed by atoms with Crippen molar-refractivity contribution in [3.8, 4) is 0 Å². The van der Waals surface area contributed by atoms with Crippen molar-refractivity contribution in [2.75, 3.05) is 23.3 Å². The lowest BCUT2D eigenvalue weighted by molar-refractivity contribution is 0.852. The molecule has 0 aliphatic carbocycles. The Morgan fingerprint density at radius 1 is 1.25 bits per heavy atom. The van der Waals surface area contributed by atoms with Crippen molar-refractivity contribution >= 4 is 29.1 Å². The van der Waals surface area contributed by atoms with Crippen LogP contribution in [0.2, 0.25) is 5.02 Å². The van der Waals surface area contributed by atoms with Crippen LogP contribution in [0, 0.1) is 6.92 Å². The molecule has 0 bridgehead atoms. The van der Waals surface area contributed by atoms with Gasteiger partial charge in [0.25, 0.3) is 0 Å². The van der Waals surface area contributed by atoms with E-state index >= 15 is 0 Å². The Balaban J connectivity index is 1.83. The minimum absolute atomic E-state index is 0.687. The molecule has 2 heterocycles. The Morgan fingerprint density at radius 2 is 2.05 bits per heavy atom. The molecule has 0 amide bonds. The van der Waals surface area contributed by atoms with E-state index in [0.29, 0.717) is 16.8 Å². The molecule has 1 fully saturated rings. The van der Waals surface area contributed by atoms with Crippen LogP contribution in [-0.2, 0) is 0 Å². The molecule has 1 saturated heterocycles. The molecule has 0 spiro atoms. The molecule has 0 radical (unpaired) electrons. The first-order valence-electron chi connectivity index (χ1n) is 6.70. The maximum atomic E-state index is 6.02. The third kappa shape index (κ3) is 2.82. The van der Waals surface area contributed by atoms with E-state index in [9.17, 15) is 0 Å². The number of benzene rings is 1. The van der Waals surface area contributed by atoms with Crippen LogP contribution >= 0.6 is 11.6 Å². The van der Waals surface area contributed by atoms with Crippen molar-refractivity contribution in [1.82, 2.24) is 15.2 Å². The molecule has 0 unspecified atom stereocenters. The zero-order valence-electron chi connectivity index (χ0n) is 11.3. The monoisotopic (exact) mass is 289 g/mol. The van der Waals surface area contributed by atoms with Crippen LogP contribution in [0.1, 0.15) is 18.4 Å². The highest BCUT2D eigenvalue weighted by Gasteiger charge is 2.15. The smallest absolute Gasteiger partial charge is 0.247 e. The van der Waals surface area contributed by atoms with Gasteiger partial charge >= 0.3 is 0 Å². The predicted octanol–water partition coefficient (Wildman–Crippen LogP) is 3.18. The van der Waals surface area contributed by atoms with E-state index < -0.39 is 0 Å². The van der Waals surface area contributed by atoms with Gasteiger partial charge in [0.05, 0.1) is 6.20 Å². The van der Waals surface area contributed by atoms with Crippen LogP contribution in [0.4, 0.5) is 17.5 Å². The summed E-state index contributed by atoms with van der Waals surface area (Å²) in [4.78, 5) is 6.67. The first-order valence-corrected chi connectivity index (χ1v) is 7.08. The summed E-state index contributed by atoms with van der Waals surface area (Å²) in [6, 6.07) is 5.73. The molecule has 0 saturated carbocycles. The zero-order valence-corrected chi connectivity index (χ0v) is 12.1. The van der Waals surface area contributed by atoms with Crippen molar-refractivity contribution in [2.24, 2.45) is 0 Å². The van der Waals surface area contributed by atoms with Crippen LogP contribution in [0.3, 0.4) is 0 Å². The number of anilines is 3.